The van der Waals surface area contributed by atoms with E-state index in [1.807, 2.05) is 23.1 Å². The van der Waals surface area contributed by atoms with Crippen molar-refractivity contribution in [1.29, 1.82) is 0 Å². The lowest BCUT2D eigenvalue weighted by Gasteiger charge is -2.32. The van der Waals surface area contributed by atoms with Gasteiger partial charge in [-0.3, -0.25) is 4.79 Å². The molecule has 0 saturated carbocycles. The molecule has 1 saturated heterocycles. The minimum absolute atomic E-state index is 0.0397. The molecule has 1 heterocycles. The Bertz CT molecular complexity index is 900. The highest BCUT2D eigenvalue weighted by Gasteiger charge is 2.25. The minimum Gasteiger partial charge on any atom is -0.376 e. The van der Waals surface area contributed by atoms with E-state index >= 15 is 0 Å². The van der Waals surface area contributed by atoms with Gasteiger partial charge in [0.15, 0.2) is 9.84 Å². The number of nitrogens with zero attached hydrogens (tertiary/aromatic N) is 1. The van der Waals surface area contributed by atoms with Gasteiger partial charge in [-0.2, -0.15) is 0 Å². The summed E-state index contributed by atoms with van der Waals surface area (Å²) in [5.41, 5.74) is 1.70. The highest BCUT2D eigenvalue weighted by Crippen LogP contribution is 2.21. The summed E-state index contributed by atoms with van der Waals surface area (Å²) in [5.74, 6) is 0.420. The molecule has 5 nitrogen and oxygen atoms in total. The summed E-state index contributed by atoms with van der Waals surface area (Å²) in [4.78, 5) is 14.9. The Balaban J connectivity index is 1.48. The van der Waals surface area contributed by atoms with Crippen LogP contribution in [0, 0.1) is 5.92 Å². The van der Waals surface area contributed by atoms with Gasteiger partial charge in [0.25, 0.3) is 5.91 Å². The van der Waals surface area contributed by atoms with Crippen molar-refractivity contribution in [3.05, 3.63) is 65.7 Å². The van der Waals surface area contributed by atoms with Crippen molar-refractivity contribution >= 4 is 15.7 Å². The van der Waals surface area contributed by atoms with Crippen LogP contribution in [0.25, 0.3) is 0 Å². The number of ether oxygens (including phenoxy) is 1. The Hall–Kier alpha value is -2.18. The quantitative estimate of drug-likeness (QED) is 0.687. The highest BCUT2D eigenvalue weighted by atomic mass is 32.2. The molecule has 1 amide bonds. The first-order valence-electron chi connectivity index (χ1n) is 10.1. The molecule has 1 aliphatic rings. The largest absolute Gasteiger partial charge is 0.376 e. The topological polar surface area (TPSA) is 63.7 Å². The van der Waals surface area contributed by atoms with Crippen LogP contribution in [0.2, 0.25) is 0 Å². The average molecular weight is 416 g/mol. The number of benzene rings is 2. The molecular formula is C23H29NO4S. The molecule has 1 aliphatic heterocycles. The molecule has 0 atom stereocenters. The fourth-order valence-electron chi connectivity index (χ4n) is 3.46. The van der Waals surface area contributed by atoms with Crippen LogP contribution < -0.4 is 0 Å². The van der Waals surface area contributed by atoms with Crippen molar-refractivity contribution < 1.29 is 17.9 Å². The first kappa shape index (κ1) is 21.5. The van der Waals surface area contributed by atoms with Gasteiger partial charge in [-0.25, -0.2) is 8.42 Å². The fourth-order valence-corrected chi connectivity index (χ4v) is 4.52. The number of amides is 1. The van der Waals surface area contributed by atoms with Crippen LogP contribution in [0.4, 0.5) is 0 Å². The molecule has 0 aromatic heterocycles. The van der Waals surface area contributed by atoms with Crippen molar-refractivity contribution in [2.24, 2.45) is 5.92 Å². The number of sulfone groups is 1. The lowest BCUT2D eigenvalue weighted by atomic mass is 9.97. The van der Waals surface area contributed by atoms with Gasteiger partial charge in [0.1, 0.15) is 0 Å². The lowest BCUT2D eigenvalue weighted by molar-refractivity contribution is 0.0478. The Morgan fingerprint density at radius 3 is 2.24 bits per heavy atom. The Kier molecular flexibility index (Phi) is 7.09. The van der Waals surface area contributed by atoms with E-state index in [1.54, 1.807) is 26.0 Å². The van der Waals surface area contributed by atoms with E-state index in [1.165, 1.54) is 17.7 Å². The van der Waals surface area contributed by atoms with Crippen LogP contribution in [-0.4, -0.2) is 44.2 Å². The van der Waals surface area contributed by atoms with E-state index < -0.39 is 15.1 Å². The Labute approximate surface area is 173 Å². The maximum Gasteiger partial charge on any atom is 0.253 e. The maximum atomic E-state index is 12.7. The summed E-state index contributed by atoms with van der Waals surface area (Å²) in [6.45, 7) is 6.03. The van der Waals surface area contributed by atoms with Crippen LogP contribution in [0.3, 0.4) is 0 Å². The molecule has 0 spiro atoms. The van der Waals surface area contributed by atoms with Gasteiger partial charge in [-0.1, -0.05) is 30.3 Å². The van der Waals surface area contributed by atoms with Gasteiger partial charge in [0.2, 0.25) is 0 Å². The molecule has 0 N–H and O–H groups in total. The second-order valence-electron chi connectivity index (χ2n) is 7.85. The second kappa shape index (κ2) is 9.55. The summed E-state index contributed by atoms with van der Waals surface area (Å²) in [7, 11) is -3.32. The zero-order chi connectivity index (χ0) is 20.9. The molecule has 6 heteroatoms. The maximum absolute atomic E-state index is 12.7. The van der Waals surface area contributed by atoms with Crippen LogP contribution in [0.5, 0.6) is 0 Å². The predicted octanol–water partition coefficient (Wildman–Crippen LogP) is 3.94. The molecule has 2 aromatic carbocycles. The summed E-state index contributed by atoms with van der Waals surface area (Å²) in [6, 6.07) is 16.4. The van der Waals surface area contributed by atoms with Crippen molar-refractivity contribution in [1.82, 2.24) is 4.90 Å². The Morgan fingerprint density at radius 2 is 1.66 bits per heavy atom. The third-order valence-corrected chi connectivity index (χ3v) is 7.59. The lowest BCUT2D eigenvalue weighted by Crippen LogP contribution is -2.39. The molecule has 0 radical (unpaired) electrons. The fraction of sp³-hybridized carbons (Fsp3) is 0.435. The number of carbonyl (C=O) groups is 1. The average Bonchev–Trinajstić information content (AvgIpc) is 2.74. The number of hydrogen-bond acceptors (Lipinski definition) is 4. The zero-order valence-corrected chi connectivity index (χ0v) is 17.9. The first-order valence-corrected chi connectivity index (χ1v) is 11.7. The molecule has 29 heavy (non-hydrogen) atoms. The predicted molar refractivity (Wildman–Crippen MR) is 113 cm³/mol. The Morgan fingerprint density at radius 1 is 1.03 bits per heavy atom. The normalized spacial score (nSPS) is 15.6. The van der Waals surface area contributed by atoms with Gasteiger partial charge < -0.3 is 9.64 Å². The summed E-state index contributed by atoms with van der Waals surface area (Å²) in [6.07, 6.45) is 1.83. The molecule has 0 bridgehead atoms. The number of rotatable bonds is 7. The van der Waals surface area contributed by atoms with Crippen LogP contribution in [0.15, 0.2) is 59.5 Å². The van der Waals surface area contributed by atoms with Crippen molar-refractivity contribution in [3.8, 4) is 0 Å². The van der Waals surface area contributed by atoms with E-state index in [9.17, 15) is 13.2 Å². The molecule has 2 aromatic rings. The molecule has 156 valence electrons. The zero-order valence-electron chi connectivity index (χ0n) is 17.1. The van der Waals surface area contributed by atoms with Crippen LogP contribution in [0.1, 0.15) is 42.6 Å². The number of likely N-dealkylation sites (tertiary alicyclic amines) is 1. The van der Waals surface area contributed by atoms with Crippen LogP contribution >= 0.6 is 0 Å². The summed E-state index contributed by atoms with van der Waals surface area (Å²) >= 11 is 0. The van der Waals surface area contributed by atoms with E-state index in [2.05, 4.69) is 12.1 Å². The molecule has 3 rings (SSSR count). The highest BCUT2D eigenvalue weighted by molar-refractivity contribution is 7.92. The SMILES string of the molecule is CC(C)S(=O)(=O)c1ccc(C(=O)N2CCC(COCc3ccccc3)CC2)cc1. The van der Waals surface area contributed by atoms with Crippen molar-refractivity contribution in [2.75, 3.05) is 19.7 Å². The van der Waals surface area contributed by atoms with E-state index in [4.69, 9.17) is 4.74 Å². The number of carbonyl (C=O) groups excluding carboxylic acids is 1. The second-order valence-corrected chi connectivity index (χ2v) is 10.4. The van der Waals surface area contributed by atoms with Crippen molar-refractivity contribution in [2.45, 2.75) is 43.4 Å². The van der Waals surface area contributed by atoms with Gasteiger partial charge in [0.05, 0.1) is 16.8 Å². The minimum atomic E-state index is -3.32. The van der Waals surface area contributed by atoms with Gasteiger partial charge in [0, 0.05) is 25.3 Å². The molecular weight excluding hydrogens is 386 g/mol. The third-order valence-electron chi connectivity index (χ3n) is 5.42. The smallest absolute Gasteiger partial charge is 0.253 e. The summed E-state index contributed by atoms with van der Waals surface area (Å²) < 4.78 is 30.3. The molecule has 1 fully saturated rings. The van der Waals surface area contributed by atoms with E-state index in [0.717, 1.165) is 12.8 Å². The van der Waals surface area contributed by atoms with Gasteiger partial charge in [-0.05, 0) is 62.4 Å². The molecule has 0 aliphatic carbocycles. The van der Waals surface area contributed by atoms with Crippen molar-refractivity contribution in [3.63, 3.8) is 0 Å². The van der Waals surface area contributed by atoms with Gasteiger partial charge >= 0.3 is 0 Å². The van der Waals surface area contributed by atoms with E-state index in [0.29, 0.717) is 37.8 Å². The monoisotopic (exact) mass is 415 g/mol. The summed E-state index contributed by atoms with van der Waals surface area (Å²) in [5, 5.41) is -0.479. The molecule has 0 unspecified atom stereocenters. The van der Waals surface area contributed by atoms with E-state index in [-0.39, 0.29) is 10.8 Å². The number of piperidine rings is 1. The van der Waals surface area contributed by atoms with Crippen LogP contribution in [-0.2, 0) is 21.2 Å². The number of hydrogen-bond donors (Lipinski definition) is 0. The van der Waals surface area contributed by atoms with Gasteiger partial charge in [-0.15, -0.1) is 0 Å². The first-order chi connectivity index (χ1) is 13.9. The standard InChI is InChI=1S/C23H29NO4S/c1-18(2)29(26,27)22-10-8-21(9-11-22)23(25)24-14-12-20(13-15-24)17-28-16-19-6-4-3-5-7-19/h3-11,18,20H,12-17H2,1-2H3. The third kappa shape index (κ3) is 5.46.